The quantitative estimate of drug-likeness (QED) is 0.722. The Balaban J connectivity index is 1.39. The summed E-state index contributed by atoms with van der Waals surface area (Å²) in [7, 11) is 2.17. The maximum Gasteiger partial charge on any atom is 0.261 e. The second-order valence-electron chi connectivity index (χ2n) is 7.05. The topological polar surface area (TPSA) is 48.5 Å². The van der Waals surface area contributed by atoms with Gasteiger partial charge in [-0.3, -0.25) is 9.78 Å². The number of anilines is 1. The second kappa shape index (κ2) is 8.54. The van der Waals surface area contributed by atoms with Crippen LogP contribution in [0.4, 0.5) is 5.69 Å². The standard InChI is InChI=1S/C22H24N4OS/c1-25-11-13-26(14-12-25)19-6-4-18(5-7-19)20-8-9-21(28-20)22(27)24-16-17-3-2-10-23-15-17/h2-10,15H,11-14,16H2,1H3,(H,24,27). The molecule has 4 rings (SSSR count). The van der Waals surface area contributed by atoms with Crippen LogP contribution in [-0.4, -0.2) is 49.0 Å². The zero-order valence-electron chi connectivity index (χ0n) is 16.0. The van der Waals surface area contributed by atoms with Crippen LogP contribution in [0.3, 0.4) is 0 Å². The highest BCUT2D eigenvalue weighted by atomic mass is 32.1. The molecule has 1 aliphatic rings. The van der Waals surface area contributed by atoms with Crippen LogP contribution in [0.5, 0.6) is 0 Å². The summed E-state index contributed by atoms with van der Waals surface area (Å²) in [6.45, 7) is 4.82. The molecule has 1 aromatic carbocycles. The molecule has 0 aliphatic carbocycles. The lowest BCUT2D eigenvalue weighted by atomic mass is 10.1. The van der Waals surface area contributed by atoms with Crippen LogP contribution in [0, 0.1) is 0 Å². The molecule has 1 amide bonds. The van der Waals surface area contributed by atoms with Crippen LogP contribution in [0.25, 0.3) is 10.4 Å². The highest BCUT2D eigenvalue weighted by Crippen LogP contribution is 2.30. The number of nitrogens with one attached hydrogen (secondary N) is 1. The van der Waals surface area contributed by atoms with Crippen molar-refractivity contribution < 1.29 is 4.79 Å². The predicted octanol–water partition coefficient (Wildman–Crippen LogP) is 3.49. The van der Waals surface area contributed by atoms with Gasteiger partial charge in [-0.05, 0) is 48.5 Å². The molecule has 0 radical (unpaired) electrons. The Kier molecular flexibility index (Phi) is 5.69. The van der Waals surface area contributed by atoms with Crippen molar-refractivity contribution in [2.45, 2.75) is 6.54 Å². The molecular formula is C22H24N4OS. The molecule has 0 unspecified atom stereocenters. The van der Waals surface area contributed by atoms with Crippen LogP contribution >= 0.6 is 11.3 Å². The SMILES string of the molecule is CN1CCN(c2ccc(-c3ccc(C(=O)NCc4cccnc4)s3)cc2)CC1. The number of thiophene rings is 1. The number of aromatic nitrogens is 1. The number of hydrogen-bond donors (Lipinski definition) is 1. The first-order valence-electron chi connectivity index (χ1n) is 9.50. The van der Waals surface area contributed by atoms with Gasteiger partial charge in [0.15, 0.2) is 0 Å². The smallest absolute Gasteiger partial charge is 0.261 e. The molecule has 1 N–H and O–H groups in total. The number of carbonyl (C=O) groups is 1. The van der Waals surface area contributed by atoms with Gasteiger partial charge in [-0.2, -0.15) is 0 Å². The first kappa shape index (κ1) is 18.7. The van der Waals surface area contributed by atoms with Crippen molar-refractivity contribution in [2.24, 2.45) is 0 Å². The van der Waals surface area contributed by atoms with Crippen LogP contribution in [-0.2, 0) is 6.54 Å². The van der Waals surface area contributed by atoms with Crippen molar-refractivity contribution in [2.75, 3.05) is 38.1 Å². The number of likely N-dealkylation sites (N-methyl/N-ethyl adjacent to an activating group) is 1. The fourth-order valence-electron chi connectivity index (χ4n) is 3.29. The predicted molar refractivity (Wildman–Crippen MR) is 115 cm³/mol. The summed E-state index contributed by atoms with van der Waals surface area (Å²) in [5, 5.41) is 2.96. The summed E-state index contributed by atoms with van der Waals surface area (Å²) in [6.07, 6.45) is 3.49. The highest BCUT2D eigenvalue weighted by Gasteiger charge is 2.15. The van der Waals surface area contributed by atoms with E-state index in [0.29, 0.717) is 6.54 Å². The lowest BCUT2D eigenvalue weighted by Gasteiger charge is -2.34. The van der Waals surface area contributed by atoms with Gasteiger partial charge < -0.3 is 15.1 Å². The van der Waals surface area contributed by atoms with Crippen molar-refractivity contribution in [3.63, 3.8) is 0 Å². The van der Waals surface area contributed by atoms with E-state index < -0.39 is 0 Å². The molecule has 2 aromatic heterocycles. The molecule has 1 saturated heterocycles. The minimum atomic E-state index is -0.0471. The van der Waals surface area contributed by atoms with E-state index in [-0.39, 0.29) is 5.91 Å². The summed E-state index contributed by atoms with van der Waals surface area (Å²) in [6, 6.07) is 16.4. The van der Waals surface area contributed by atoms with Crippen molar-refractivity contribution in [1.29, 1.82) is 0 Å². The number of pyridine rings is 1. The number of carbonyl (C=O) groups excluding carboxylic acids is 1. The van der Waals surface area contributed by atoms with E-state index in [1.54, 1.807) is 12.4 Å². The van der Waals surface area contributed by atoms with Crippen LogP contribution in [0.1, 0.15) is 15.2 Å². The molecule has 0 atom stereocenters. The molecule has 1 fully saturated rings. The third-order valence-corrected chi connectivity index (χ3v) is 6.16. The zero-order valence-corrected chi connectivity index (χ0v) is 16.8. The normalized spacial score (nSPS) is 14.8. The van der Waals surface area contributed by atoms with Gasteiger partial charge in [-0.15, -0.1) is 11.3 Å². The van der Waals surface area contributed by atoms with Crippen molar-refractivity contribution in [1.82, 2.24) is 15.2 Å². The van der Waals surface area contributed by atoms with E-state index in [1.807, 2.05) is 24.3 Å². The Morgan fingerprint density at radius 1 is 1.07 bits per heavy atom. The van der Waals surface area contributed by atoms with Crippen molar-refractivity contribution in [3.8, 4) is 10.4 Å². The molecule has 0 bridgehead atoms. The van der Waals surface area contributed by atoms with Crippen molar-refractivity contribution >= 4 is 22.9 Å². The van der Waals surface area contributed by atoms with E-state index in [4.69, 9.17) is 0 Å². The van der Waals surface area contributed by atoms with Gasteiger partial charge in [0.25, 0.3) is 5.91 Å². The number of hydrogen-bond acceptors (Lipinski definition) is 5. The Morgan fingerprint density at radius 3 is 2.57 bits per heavy atom. The van der Waals surface area contributed by atoms with E-state index in [2.05, 4.69) is 51.4 Å². The molecular weight excluding hydrogens is 368 g/mol. The van der Waals surface area contributed by atoms with Crippen LogP contribution in [0.2, 0.25) is 0 Å². The number of amides is 1. The second-order valence-corrected chi connectivity index (χ2v) is 8.13. The first-order valence-corrected chi connectivity index (χ1v) is 10.3. The average Bonchev–Trinajstić information content (AvgIpc) is 3.24. The highest BCUT2D eigenvalue weighted by molar-refractivity contribution is 7.17. The summed E-state index contributed by atoms with van der Waals surface area (Å²) in [5.41, 5.74) is 3.41. The van der Waals surface area contributed by atoms with Crippen LogP contribution in [0.15, 0.2) is 60.9 Å². The van der Waals surface area contributed by atoms with Gasteiger partial charge in [0.05, 0.1) is 4.88 Å². The Morgan fingerprint density at radius 2 is 1.86 bits per heavy atom. The summed E-state index contributed by atoms with van der Waals surface area (Å²) in [5.74, 6) is -0.0471. The monoisotopic (exact) mass is 392 g/mol. The third-order valence-electron chi connectivity index (χ3n) is 5.03. The molecule has 144 valence electrons. The maximum absolute atomic E-state index is 12.4. The minimum Gasteiger partial charge on any atom is -0.369 e. The maximum atomic E-state index is 12.4. The molecule has 3 aromatic rings. The molecule has 0 spiro atoms. The average molecular weight is 393 g/mol. The van der Waals surface area contributed by atoms with Gasteiger partial charge in [0, 0.05) is 55.7 Å². The van der Waals surface area contributed by atoms with Gasteiger partial charge in [0.1, 0.15) is 0 Å². The molecule has 5 nitrogen and oxygen atoms in total. The Hall–Kier alpha value is -2.70. The van der Waals surface area contributed by atoms with Gasteiger partial charge in [0.2, 0.25) is 0 Å². The minimum absolute atomic E-state index is 0.0471. The molecule has 0 saturated carbocycles. The Bertz CT molecular complexity index is 915. The van der Waals surface area contributed by atoms with E-state index in [0.717, 1.165) is 47.1 Å². The summed E-state index contributed by atoms with van der Waals surface area (Å²) in [4.78, 5) is 23.1. The fraction of sp³-hybridized carbons (Fsp3) is 0.273. The van der Waals surface area contributed by atoms with E-state index >= 15 is 0 Å². The largest absolute Gasteiger partial charge is 0.369 e. The lowest BCUT2D eigenvalue weighted by Crippen LogP contribution is -2.44. The molecule has 3 heterocycles. The molecule has 1 aliphatic heterocycles. The fourth-order valence-corrected chi connectivity index (χ4v) is 4.22. The number of benzene rings is 1. The summed E-state index contributed by atoms with van der Waals surface area (Å²) >= 11 is 1.52. The number of piperazine rings is 1. The molecule has 6 heteroatoms. The Labute approximate surface area is 169 Å². The third kappa shape index (κ3) is 4.40. The number of rotatable bonds is 5. The first-order chi connectivity index (χ1) is 13.7. The van der Waals surface area contributed by atoms with E-state index in [1.165, 1.54) is 17.0 Å². The molecule has 28 heavy (non-hydrogen) atoms. The van der Waals surface area contributed by atoms with Gasteiger partial charge in [-0.25, -0.2) is 0 Å². The van der Waals surface area contributed by atoms with Gasteiger partial charge in [-0.1, -0.05) is 18.2 Å². The van der Waals surface area contributed by atoms with E-state index in [9.17, 15) is 4.79 Å². The zero-order chi connectivity index (χ0) is 19.3. The van der Waals surface area contributed by atoms with Crippen LogP contribution < -0.4 is 10.2 Å². The lowest BCUT2D eigenvalue weighted by molar-refractivity contribution is 0.0955. The van der Waals surface area contributed by atoms with Crippen molar-refractivity contribution in [3.05, 3.63) is 71.4 Å². The van der Waals surface area contributed by atoms with Gasteiger partial charge >= 0.3 is 0 Å². The summed E-state index contributed by atoms with van der Waals surface area (Å²) < 4.78 is 0. The number of nitrogens with zero attached hydrogens (tertiary/aromatic N) is 3.